The van der Waals surface area contributed by atoms with E-state index in [4.69, 9.17) is 21.4 Å². The summed E-state index contributed by atoms with van der Waals surface area (Å²) in [6.07, 6.45) is -0.223. The predicted octanol–water partition coefficient (Wildman–Crippen LogP) is 1.36. The Morgan fingerprint density at radius 2 is 2.30 bits per heavy atom. The summed E-state index contributed by atoms with van der Waals surface area (Å²) in [5, 5.41) is 12.4. The van der Waals surface area contributed by atoms with E-state index in [9.17, 15) is 4.79 Å². The van der Waals surface area contributed by atoms with Crippen molar-refractivity contribution in [3.05, 3.63) is 29.3 Å². The third-order valence-electron chi connectivity index (χ3n) is 3.33. The second-order valence-corrected chi connectivity index (χ2v) is 5.35. The summed E-state index contributed by atoms with van der Waals surface area (Å²) < 4.78 is 5.44. The molecule has 1 aromatic rings. The highest BCUT2D eigenvalue weighted by Gasteiger charge is 2.27. The van der Waals surface area contributed by atoms with Crippen molar-refractivity contribution in [2.45, 2.75) is 19.1 Å². The number of para-hydroxylation sites is 1. The van der Waals surface area contributed by atoms with Crippen LogP contribution in [0.4, 0.5) is 5.69 Å². The van der Waals surface area contributed by atoms with Crippen molar-refractivity contribution in [3.8, 4) is 0 Å². The average molecular weight is 299 g/mol. The molecule has 1 aliphatic rings. The van der Waals surface area contributed by atoms with Crippen molar-refractivity contribution in [2.24, 2.45) is 0 Å². The third kappa shape index (κ3) is 3.93. The summed E-state index contributed by atoms with van der Waals surface area (Å²) in [5.74, 6) is -0.122. The summed E-state index contributed by atoms with van der Waals surface area (Å²) in [4.78, 5) is 14.1. The van der Waals surface area contributed by atoms with Crippen LogP contribution in [-0.2, 0) is 9.53 Å². The number of benzene rings is 1. The van der Waals surface area contributed by atoms with Crippen LogP contribution in [0.2, 0.25) is 5.02 Å². The van der Waals surface area contributed by atoms with Crippen LogP contribution < -0.4 is 5.32 Å². The number of hydrogen-bond acceptors (Lipinski definition) is 4. The van der Waals surface area contributed by atoms with Crippen molar-refractivity contribution in [1.82, 2.24) is 4.90 Å². The smallest absolute Gasteiger partial charge is 0.238 e. The minimum absolute atomic E-state index is 0.0324. The predicted molar refractivity (Wildman–Crippen MR) is 77.9 cm³/mol. The molecule has 1 heterocycles. The van der Waals surface area contributed by atoms with Crippen LogP contribution in [0, 0.1) is 0 Å². The second kappa shape index (κ2) is 7.04. The molecule has 0 aliphatic carbocycles. The number of carbonyl (C=O) groups is 1. The minimum Gasteiger partial charge on any atom is -0.394 e. The average Bonchev–Trinajstić information content (AvgIpc) is 2.44. The number of ether oxygens (including phenoxy) is 1. The molecule has 0 spiro atoms. The molecule has 0 saturated carbocycles. The third-order valence-corrected chi connectivity index (χ3v) is 3.66. The van der Waals surface area contributed by atoms with Gasteiger partial charge in [0.2, 0.25) is 5.91 Å². The molecule has 1 amide bonds. The first-order valence-electron chi connectivity index (χ1n) is 6.61. The Kier molecular flexibility index (Phi) is 5.37. The van der Waals surface area contributed by atoms with Gasteiger partial charge in [-0.15, -0.1) is 0 Å². The highest BCUT2D eigenvalue weighted by Crippen LogP contribution is 2.20. The van der Waals surface area contributed by atoms with Crippen molar-refractivity contribution < 1.29 is 14.6 Å². The number of rotatable bonds is 4. The lowest BCUT2D eigenvalue weighted by molar-refractivity contribution is -0.122. The molecule has 1 aliphatic heterocycles. The molecule has 1 saturated heterocycles. The number of amides is 1. The lowest BCUT2D eigenvalue weighted by Crippen LogP contribution is -2.51. The fraction of sp³-hybridized carbons (Fsp3) is 0.500. The van der Waals surface area contributed by atoms with E-state index in [1.54, 1.807) is 12.1 Å². The molecule has 1 fully saturated rings. The molecule has 20 heavy (non-hydrogen) atoms. The monoisotopic (exact) mass is 298 g/mol. The molecule has 110 valence electrons. The standard InChI is InChI=1S/C14H19ClN2O3/c1-10-9-20-11(8-18)6-17(10)7-14(19)16-13-5-3-2-4-12(13)15/h2-5,10-11,18H,6-9H2,1H3,(H,16,19). The van der Waals surface area contributed by atoms with Gasteiger partial charge in [-0.2, -0.15) is 0 Å². The number of nitrogens with one attached hydrogen (secondary N) is 1. The number of nitrogens with zero attached hydrogens (tertiary/aromatic N) is 1. The van der Waals surface area contributed by atoms with Gasteiger partial charge in [-0.25, -0.2) is 0 Å². The zero-order valence-corrected chi connectivity index (χ0v) is 12.1. The number of hydrogen-bond donors (Lipinski definition) is 2. The Labute approximate surface area is 123 Å². The molecule has 2 atom stereocenters. The first-order chi connectivity index (χ1) is 9.60. The maximum atomic E-state index is 12.1. The quantitative estimate of drug-likeness (QED) is 0.881. The Hall–Kier alpha value is -1.14. The number of halogens is 1. The van der Waals surface area contributed by atoms with Gasteiger partial charge < -0.3 is 15.2 Å². The maximum Gasteiger partial charge on any atom is 0.238 e. The molecule has 0 aromatic heterocycles. The van der Waals surface area contributed by atoms with Crippen LogP contribution in [0.3, 0.4) is 0 Å². The largest absolute Gasteiger partial charge is 0.394 e. The Morgan fingerprint density at radius 3 is 3.00 bits per heavy atom. The normalized spacial score (nSPS) is 23.6. The molecule has 0 radical (unpaired) electrons. The highest BCUT2D eigenvalue weighted by molar-refractivity contribution is 6.33. The van der Waals surface area contributed by atoms with E-state index in [1.165, 1.54) is 0 Å². The van der Waals surface area contributed by atoms with E-state index in [1.807, 2.05) is 24.0 Å². The lowest BCUT2D eigenvalue weighted by atomic mass is 10.2. The molecule has 6 heteroatoms. The van der Waals surface area contributed by atoms with Gasteiger partial charge in [0.15, 0.2) is 0 Å². The zero-order chi connectivity index (χ0) is 14.5. The maximum absolute atomic E-state index is 12.1. The van der Waals surface area contributed by atoms with Gasteiger partial charge in [-0.3, -0.25) is 9.69 Å². The van der Waals surface area contributed by atoms with Crippen LogP contribution >= 0.6 is 11.6 Å². The van der Waals surface area contributed by atoms with E-state index in [0.717, 1.165) is 0 Å². The van der Waals surface area contributed by atoms with E-state index in [-0.39, 0.29) is 31.2 Å². The minimum atomic E-state index is -0.223. The summed E-state index contributed by atoms with van der Waals surface area (Å²) in [5.41, 5.74) is 0.610. The fourth-order valence-corrected chi connectivity index (χ4v) is 2.33. The SMILES string of the molecule is CC1COC(CO)CN1CC(=O)Nc1ccccc1Cl. The molecule has 2 N–H and O–H groups in total. The van der Waals surface area contributed by atoms with Gasteiger partial charge in [0.05, 0.1) is 36.6 Å². The van der Waals surface area contributed by atoms with Crippen LogP contribution in [0.1, 0.15) is 6.92 Å². The fourth-order valence-electron chi connectivity index (χ4n) is 2.14. The summed E-state index contributed by atoms with van der Waals surface area (Å²) in [6, 6.07) is 7.28. The molecule has 5 nitrogen and oxygen atoms in total. The Morgan fingerprint density at radius 1 is 1.55 bits per heavy atom. The van der Waals surface area contributed by atoms with Gasteiger partial charge in [0.25, 0.3) is 0 Å². The summed E-state index contributed by atoms with van der Waals surface area (Å²) in [6.45, 7) is 3.29. The van der Waals surface area contributed by atoms with Gasteiger partial charge in [-0.05, 0) is 19.1 Å². The van der Waals surface area contributed by atoms with Gasteiger partial charge in [-0.1, -0.05) is 23.7 Å². The van der Waals surface area contributed by atoms with Crippen molar-refractivity contribution in [1.29, 1.82) is 0 Å². The van der Waals surface area contributed by atoms with Crippen molar-refractivity contribution >= 4 is 23.2 Å². The Bertz CT molecular complexity index is 469. The van der Waals surface area contributed by atoms with E-state index in [2.05, 4.69) is 5.32 Å². The topological polar surface area (TPSA) is 61.8 Å². The number of aliphatic hydroxyl groups is 1. The van der Waals surface area contributed by atoms with Gasteiger partial charge in [0, 0.05) is 12.6 Å². The Balaban J connectivity index is 1.92. The first kappa shape index (κ1) is 15.3. The molecule has 2 unspecified atom stereocenters. The van der Waals surface area contributed by atoms with Crippen LogP contribution in [0.5, 0.6) is 0 Å². The molecular weight excluding hydrogens is 280 g/mol. The van der Waals surface area contributed by atoms with E-state index < -0.39 is 0 Å². The molecule has 0 bridgehead atoms. The lowest BCUT2D eigenvalue weighted by Gasteiger charge is -2.36. The van der Waals surface area contributed by atoms with Gasteiger partial charge >= 0.3 is 0 Å². The van der Waals surface area contributed by atoms with Gasteiger partial charge in [0.1, 0.15) is 0 Å². The summed E-state index contributed by atoms with van der Waals surface area (Å²) in [7, 11) is 0. The number of carbonyl (C=O) groups excluding carboxylic acids is 1. The summed E-state index contributed by atoms with van der Waals surface area (Å²) >= 11 is 6.00. The van der Waals surface area contributed by atoms with Crippen LogP contribution in [-0.4, -0.2) is 54.4 Å². The van der Waals surface area contributed by atoms with E-state index >= 15 is 0 Å². The number of anilines is 1. The van der Waals surface area contributed by atoms with Crippen LogP contribution in [0.25, 0.3) is 0 Å². The second-order valence-electron chi connectivity index (χ2n) is 4.94. The first-order valence-corrected chi connectivity index (χ1v) is 6.99. The molecule has 1 aromatic carbocycles. The van der Waals surface area contributed by atoms with Crippen molar-refractivity contribution in [3.63, 3.8) is 0 Å². The highest BCUT2D eigenvalue weighted by atomic mass is 35.5. The van der Waals surface area contributed by atoms with Crippen molar-refractivity contribution in [2.75, 3.05) is 31.6 Å². The molecule has 2 rings (SSSR count). The van der Waals surface area contributed by atoms with E-state index in [0.29, 0.717) is 23.9 Å². The number of aliphatic hydroxyl groups excluding tert-OH is 1. The zero-order valence-electron chi connectivity index (χ0n) is 11.4. The number of morpholine rings is 1. The van der Waals surface area contributed by atoms with Crippen LogP contribution in [0.15, 0.2) is 24.3 Å². The molecular formula is C14H19ClN2O3.